The summed E-state index contributed by atoms with van der Waals surface area (Å²) in [6.07, 6.45) is 57.3. The Hall–Kier alpha value is -1.73. The maximum absolute atomic E-state index is 13.5. The van der Waals surface area contributed by atoms with E-state index >= 15 is 0 Å². The highest BCUT2D eigenvalue weighted by Gasteiger charge is 2.54. The Bertz CT molecular complexity index is 2000. The second-order valence-corrected chi connectivity index (χ2v) is 32.1. The third kappa shape index (κ3) is 46.4. The molecule has 0 aromatic heterocycles. The fraction of sp³-hybridized carbons (Fsp3) is 0.943. The summed E-state index contributed by atoms with van der Waals surface area (Å²) in [7, 11) is 0. The van der Waals surface area contributed by atoms with Gasteiger partial charge in [-0.25, -0.2) is 0 Å². The number of carbonyl (C=O) groups is 1. The molecule has 3 saturated heterocycles. The van der Waals surface area contributed by atoms with Crippen LogP contribution in [0.15, 0.2) is 24.3 Å². The van der Waals surface area contributed by atoms with Crippen LogP contribution in [-0.4, -0.2) is 193 Å². The Kier molecular flexibility index (Phi) is 62.9. The molecule has 3 rings (SSSR count). The highest BCUT2D eigenvalue weighted by molar-refractivity contribution is 5.76. The zero-order chi connectivity index (χ0) is 76.7. The minimum absolute atomic E-state index is 0.233. The van der Waals surface area contributed by atoms with Gasteiger partial charge in [-0.1, -0.05) is 366 Å². The van der Waals surface area contributed by atoms with Crippen molar-refractivity contribution in [2.45, 2.75) is 497 Å². The van der Waals surface area contributed by atoms with E-state index in [-0.39, 0.29) is 18.9 Å². The van der Waals surface area contributed by atoms with Gasteiger partial charge >= 0.3 is 0 Å². The molecule has 0 radical (unpaired) electrons. The predicted molar refractivity (Wildman–Crippen MR) is 425 cm³/mol. The predicted octanol–water partition coefficient (Wildman–Crippen LogP) is 16.5. The molecule has 106 heavy (non-hydrogen) atoms. The van der Waals surface area contributed by atoms with Gasteiger partial charge in [0.25, 0.3) is 0 Å². The minimum Gasteiger partial charge on any atom is -0.394 e. The van der Waals surface area contributed by atoms with Crippen LogP contribution >= 0.6 is 0 Å². The molecule has 17 unspecified atom stereocenters. The number of carbonyl (C=O) groups excluding carboxylic acids is 1. The van der Waals surface area contributed by atoms with Gasteiger partial charge in [0.1, 0.15) is 73.2 Å². The van der Waals surface area contributed by atoms with E-state index in [0.717, 1.165) is 51.4 Å². The Morgan fingerprint density at radius 2 is 0.623 bits per heavy atom. The summed E-state index contributed by atoms with van der Waals surface area (Å²) >= 11 is 0. The molecule has 3 heterocycles. The van der Waals surface area contributed by atoms with Crippen molar-refractivity contribution in [1.82, 2.24) is 5.32 Å². The van der Waals surface area contributed by atoms with Gasteiger partial charge in [0, 0.05) is 6.42 Å². The van der Waals surface area contributed by atoms with Crippen molar-refractivity contribution in [2.75, 3.05) is 26.4 Å². The molecule has 17 atom stereocenters. The van der Waals surface area contributed by atoms with Crippen LogP contribution in [0.4, 0.5) is 0 Å². The molecule has 0 bridgehead atoms. The number of allylic oxidation sites excluding steroid dienone is 4. The first-order valence-corrected chi connectivity index (χ1v) is 44.6. The molecule has 3 aliphatic heterocycles. The molecule has 1 amide bonds. The topological polar surface area (TPSA) is 307 Å². The number of unbranched alkanes of at least 4 members (excludes halogenated alkanes) is 53. The van der Waals surface area contributed by atoms with Gasteiger partial charge in [0.05, 0.1) is 38.6 Å². The maximum Gasteiger partial charge on any atom is 0.220 e. The number of amides is 1. The summed E-state index contributed by atoms with van der Waals surface area (Å²) in [5.74, 6) is -0.233. The van der Waals surface area contributed by atoms with E-state index in [9.17, 15) is 61.0 Å². The van der Waals surface area contributed by atoms with Gasteiger partial charge in [-0.05, 0) is 44.9 Å². The highest BCUT2D eigenvalue weighted by atomic mass is 16.8. The SMILES string of the molecule is CCCCCCC/C=C\C/C=C\CCCCCCCCCCCCCCCCCCCCCCCCCCCCCCCC(=O)NC(COC1OC(CO)C(OC2OC(CO)C(OC3OC(CO)C(O)C(O)C3O)C(O)C2O)C(O)C1O)C(O)CCCCCCCCCCCCCCCCCCCCCC. The summed E-state index contributed by atoms with van der Waals surface area (Å²) < 4.78 is 34.6. The molecule has 0 aliphatic carbocycles. The van der Waals surface area contributed by atoms with Crippen LogP contribution in [0.1, 0.15) is 393 Å². The number of aliphatic hydroxyl groups excluding tert-OH is 11. The number of nitrogens with one attached hydrogen (secondary N) is 1. The molecule has 3 aliphatic rings. The molecular weight excluding hydrogens is 1350 g/mol. The summed E-state index contributed by atoms with van der Waals surface area (Å²) in [6, 6.07) is -0.885. The fourth-order valence-corrected chi connectivity index (χ4v) is 15.4. The summed E-state index contributed by atoms with van der Waals surface area (Å²) in [4.78, 5) is 13.5. The van der Waals surface area contributed by atoms with Gasteiger partial charge in [0.15, 0.2) is 18.9 Å². The monoisotopic (exact) mass is 1510 g/mol. The van der Waals surface area contributed by atoms with Crippen LogP contribution in [-0.2, 0) is 33.2 Å². The average Bonchev–Trinajstić information content (AvgIpc) is 0.780. The molecule has 626 valence electrons. The van der Waals surface area contributed by atoms with Crippen LogP contribution < -0.4 is 5.32 Å². The van der Waals surface area contributed by atoms with Gasteiger partial charge in [0.2, 0.25) is 5.91 Å². The molecule has 0 aromatic carbocycles. The van der Waals surface area contributed by atoms with E-state index in [0.29, 0.717) is 12.8 Å². The van der Waals surface area contributed by atoms with Crippen molar-refractivity contribution in [1.29, 1.82) is 0 Å². The lowest BCUT2D eigenvalue weighted by molar-refractivity contribution is -0.379. The molecule has 12 N–H and O–H groups in total. The largest absolute Gasteiger partial charge is 0.394 e. The molecular formula is C87H165NO18. The Balaban J connectivity index is 1.27. The third-order valence-electron chi connectivity index (χ3n) is 22.5. The van der Waals surface area contributed by atoms with E-state index in [2.05, 4.69) is 43.5 Å². The van der Waals surface area contributed by atoms with Crippen molar-refractivity contribution in [2.24, 2.45) is 0 Å². The minimum atomic E-state index is -1.97. The normalized spacial score (nSPS) is 25.7. The Morgan fingerprint density at radius 3 is 0.962 bits per heavy atom. The van der Waals surface area contributed by atoms with Gasteiger partial charge in [-0.3, -0.25) is 4.79 Å². The number of ether oxygens (including phenoxy) is 6. The maximum atomic E-state index is 13.5. The van der Waals surface area contributed by atoms with Crippen molar-refractivity contribution >= 4 is 5.91 Å². The molecule has 19 heteroatoms. The van der Waals surface area contributed by atoms with E-state index in [4.69, 9.17) is 28.4 Å². The van der Waals surface area contributed by atoms with E-state index in [1.54, 1.807) is 0 Å². The van der Waals surface area contributed by atoms with Crippen molar-refractivity contribution < 1.29 is 89.4 Å². The first kappa shape index (κ1) is 98.5. The lowest BCUT2D eigenvalue weighted by Crippen LogP contribution is -2.66. The summed E-state index contributed by atoms with van der Waals surface area (Å²) in [5.41, 5.74) is 0. The van der Waals surface area contributed by atoms with E-state index in [1.807, 2.05) is 0 Å². The van der Waals surface area contributed by atoms with Crippen molar-refractivity contribution in [3.8, 4) is 0 Å². The van der Waals surface area contributed by atoms with Crippen LogP contribution in [0.2, 0.25) is 0 Å². The van der Waals surface area contributed by atoms with Gasteiger partial charge < -0.3 is 89.9 Å². The Morgan fingerprint density at radius 1 is 0.340 bits per heavy atom. The number of hydrogen-bond acceptors (Lipinski definition) is 18. The Labute approximate surface area is 645 Å². The number of hydrogen-bond donors (Lipinski definition) is 12. The zero-order valence-electron chi connectivity index (χ0n) is 67.4. The van der Waals surface area contributed by atoms with Crippen LogP contribution in [0.25, 0.3) is 0 Å². The van der Waals surface area contributed by atoms with Gasteiger partial charge in [-0.2, -0.15) is 0 Å². The second-order valence-electron chi connectivity index (χ2n) is 32.1. The third-order valence-corrected chi connectivity index (χ3v) is 22.5. The van der Waals surface area contributed by atoms with E-state index in [1.165, 1.54) is 308 Å². The van der Waals surface area contributed by atoms with Crippen LogP contribution in [0.5, 0.6) is 0 Å². The smallest absolute Gasteiger partial charge is 0.220 e. The second kappa shape index (κ2) is 67.7. The van der Waals surface area contributed by atoms with Crippen molar-refractivity contribution in [3.63, 3.8) is 0 Å². The van der Waals surface area contributed by atoms with Gasteiger partial charge in [-0.15, -0.1) is 0 Å². The highest BCUT2D eigenvalue weighted by Crippen LogP contribution is 2.34. The summed E-state index contributed by atoms with van der Waals surface area (Å²) in [6.45, 7) is 1.86. The molecule has 0 aromatic rings. The molecule has 0 spiro atoms. The molecule has 3 fully saturated rings. The number of aliphatic hydroxyl groups is 11. The average molecular weight is 1510 g/mol. The first-order chi connectivity index (χ1) is 51.8. The van der Waals surface area contributed by atoms with E-state index < -0.39 is 124 Å². The fourth-order valence-electron chi connectivity index (χ4n) is 15.4. The zero-order valence-corrected chi connectivity index (χ0v) is 67.4. The van der Waals surface area contributed by atoms with Crippen LogP contribution in [0.3, 0.4) is 0 Å². The lowest BCUT2D eigenvalue weighted by atomic mass is 9.96. The number of rotatable bonds is 73. The molecule has 19 nitrogen and oxygen atoms in total. The molecule has 0 saturated carbocycles. The quantitative estimate of drug-likeness (QED) is 0.0199. The van der Waals surface area contributed by atoms with Crippen molar-refractivity contribution in [3.05, 3.63) is 24.3 Å². The first-order valence-electron chi connectivity index (χ1n) is 44.6. The standard InChI is InChI=1S/C87H165NO18/c1-3-5-7-9-11-13-15-17-19-21-23-25-26-27-28-29-30-31-32-33-34-35-36-37-38-39-40-41-42-43-44-45-47-49-51-53-55-57-59-61-63-65-75(93)88-70(71(92)64-62-60-58-56-54-52-50-48-46-24-22-20-18-16-14-12-10-8-6-4-2)69-101-85-81(99)78(96)83(73(67-90)103-85)106-87-82(100)79(97)84(74(68-91)104-87)105-86-80(98)77(95)76(94)72(66-89)102-86/h15,17,21,23,70-74,76-87,89-92,94-100H,3-14,16,18-20,22,24-69H2,1-2H3,(H,88,93)/b17-15-,23-21-. The summed E-state index contributed by atoms with van der Waals surface area (Å²) in [5, 5.41) is 121. The lowest BCUT2D eigenvalue weighted by Gasteiger charge is -2.48. The van der Waals surface area contributed by atoms with Crippen LogP contribution in [0, 0.1) is 0 Å².